The molecule has 0 saturated heterocycles. The number of halogens is 1. The Kier molecular flexibility index (Phi) is 3.21. The highest BCUT2D eigenvalue weighted by molar-refractivity contribution is 9.10. The van der Waals surface area contributed by atoms with E-state index in [4.69, 9.17) is 0 Å². The molecular weight excluding hydrogens is 312 g/mol. The molecule has 18 heavy (non-hydrogen) atoms. The van der Waals surface area contributed by atoms with Crippen molar-refractivity contribution < 1.29 is 0 Å². The second-order valence-corrected chi connectivity index (χ2v) is 5.35. The van der Waals surface area contributed by atoms with Gasteiger partial charge in [-0.1, -0.05) is 18.2 Å². The summed E-state index contributed by atoms with van der Waals surface area (Å²) in [5, 5.41) is 2.54. The van der Waals surface area contributed by atoms with E-state index in [1.54, 1.807) is 18.7 Å². The lowest BCUT2D eigenvalue weighted by Gasteiger charge is -2.02. The molecule has 0 spiro atoms. The molecule has 0 aliphatic rings. The van der Waals surface area contributed by atoms with E-state index in [1.807, 2.05) is 24.3 Å². The SMILES string of the molecule is Brc1cnc(Sc2ncnc3ccccc23)nc1. The molecule has 3 rings (SSSR count). The van der Waals surface area contributed by atoms with Crippen LogP contribution in [0.25, 0.3) is 10.9 Å². The van der Waals surface area contributed by atoms with Crippen LogP contribution in [0.5, 0.6) is 0 Å². The number of hydrogen-bond donors (Lipinski definition) is 0. The smallest absolute Gasteiger partial charge is 0.193 e. The number of para-hydroxylation sites is 1. The Morgan fingerprint density at radius 3 is 2.56 bits per heavy atom. The number of nitrogens with zero attached hydrogens (tertiary/aromatic N) is 4. The van der Waals surface area contributed by atoms with E-state index in [2.05, 4.69) is 35.9 Å². The van der Waals surface area contributed by atoms with E-state index < -0.39 is 0 Å². The molecule has 0 amide bonds. The topological polar surface area (TPSA) is 51.6 Å². The van der Waals surface area contributed by atoms with Crippen molar-refractivity contribution in [3.05, 3.63) is 47.5 Å². The summed E-state index contributed by atoms with van der Waals surface area (Å²) in [5.74, 6) is 0. The minimum absolute atomic E-state index is 0.669. The Morgan fingerprint density at radius 2 is 1.72 bits per heavy atom. The lowest BCUT2D eigenvalue weighted by molar-refractivity contribution is 0.952. The fraction of sp³-hybridized carbons (Fsp3) is 0. The summed E-state index contributed by atoms with van der Waals surface area (Å²) < 4.78 is 0.861. The molecule has 4 nitrogen and oxygen atoms in total. The number of benzene rings is 1. The molecule has 0 aliphatic heterocycles. The normalized spacial score (nSPS) is 10.7. The quantitative estimate of drug-likeness (QED) is 0.536. The summed E-state index contributed by atoms with van der Waals surface area (Å²) in [6.07, 6.45) is 5.00. The Morgan fingerprint density at radius 1 is 0.944 bits per heavy atom. The van der Waals surface area contributed by atoms with Crippen molar-refractivity contribution in [1.82, 2.24) is 19.9 Å². The molecule has 0 aliphatic carbocycles. The van der Waals surface area contributed by atoms with Crippen LogP contribution in [0.4, 0.5) is 0 Å². The van der Waals surface area contributed by atoms with Crippen molar-refractivity contribution in [3.63, 3.8) is 0 Å². The zero-order chi connectivity index (χ0) is 12.4. The van der Waals surface area contributed by atoms with E-state index in [0.717, 1.165) is 20.4 Å². The van der Waals surface area contributed by atoms with Crippen LogP contribution >= 0.6 is 27.7 Å². The van der Waals surface area contributed by atoms with Crippen LogP contribution in [0.15, 0.2) is 57.6 Å². The van der Waals surface area contributed by atoms with Gasteiger partial charge in [-0.3, -0.25) is 0 Å². The molecule has 0 unspecified atom stereocenters. The zero-order valence-electron chi connectivity index (χ0n) is 9.12. The highest BCUT2D eigenvalue weighted by Gasteiger charge is 2.06. The van der Waals surface area contributed by atoms with Gasteiger partial charge >= 0.3 is 0 Å². The minimum atomic E-state index is 0.669. The second kappa shape index (κ2) is 4.99. The first-order valence-corrected chi connectivity index (χ1v) is 6.79. The summed E-state index contributed by atoms with van der Waals surface area (Å²) in [5.41, 5.74) is 0.923. The lowest BCUT2D eigenvalue weighted by atomic mass is 10.2. The maximum Gasteiger partial charge on any atom is 0.193 e. The lowest BCUT2D eigenvalue weighted by Crippen LogP contribution is -1.89. The van der Waals surface area contributed by atoms with Gasteiger partial charge in [0.1, 0.15) is 11.4 Å². The van der Waals surface area contributed by atoms with Crippen molar-refractivity contribution in [3.8, 4) is 0 Å². The van der Waals surface area contributed by atoms with Gasteiger partial charge in [-0.05, 0) is 33.8 Å². The molecule has 0 atom stereocenters. The first-order chi connectivity index (χ1) is 8.83. The van der Waals surface area contributed by atoms with E-state index in [9.17, 15) is 0 Å². The van der Waals surface area contributed by atoms with E-state index in [1.165, 1.54) is 11.8 Å². The molecule has 0 bridgehead atoms. The predicted octanol–water partition coefficient (Wildman–Crippen LogP) is 3.33. The third-order valence-electron chi connectivity index (χ3n) is 2.29. The second-order valence-electron chi connectivity index (χ2n) is 3.48. The van der Waals surface area contributed by atoms with Crippen molar-refractivity contribution in [1.29, 1.82) is 0 Å². The number of rotatable bonds is 2. The first kappa shape index (κ1) is 11.6. The van der Waals surface area contributed by atoms with E-state index in [0.29, 0.717) is 5.16 Å². The van der Waals surface area contributed by atoms with Gasteiger partial charge in [-0.25, -0.2) is 19.9 Å². The van der Waals surface area contributed by atoms with E-state index >= 15 is 0 Å². The molecule has 88 valence electrons. The third kappa shape index (κ3) is 2.34. The molecule has 2 heterocycles. The van der Waals surface area contributed by atoms with Crippen molar-refractivity contribution in [2.75, 3.05) is 0 Å². The van der Waals surface area contributed by atoms with Gasteiger partial charge < -0.3 is 0 Å². The van der Waals surface area contributed by atoms with Crippen LogP contribution in [-0.2, 0) is 0 Å². The third-order valence-corrected chi connectivity index (χ3v) is 3.61. The van der Waals surface area contributed by atoms with Crippen LogP contribution in [0.2, 0.25) is 0 Å². The van der Waals surface area contributed by atoms with Gasteiger partial charge in [0, 0.05) is 17.8 Å². The Hall–Kier alpha value is -1.53. The highest BCUT2D eigenvalue weighted by Crippen LogP contribution is 2.28. The standard InChI is InChI=1S/C12H7BrN4S/c13-8-5-14-12(15-6-8)18-11-9-3-1-2-4-10(9)16-7-17-11/h1-7H. The van der Waals surface area contributed by atoms with Crippen molar-refractivity contribution in [2.24, 2.45) is 0 Å². The van der Waals surface area contributed by atoms with Crippen LogP contribution in [0, 0.1) is 0 Å². The van der Waals surface area contributed by atoms with Gasteiger partial charge in [0.05, 0.1) is 9.99 Å². The molecule has 0 saturated carbocycles. The highest BCUT2D eigenvalue weighted by atomic mass is 79.9. The Labute approximate surface area is 116 Å². The maximum atomic E-state index is 4.28. The zero-order valence-corrected chi connectivity index (χ0v) is 11.5. The Balaban J connectivity index is 2.02. The summed E-state index contributed by atoms with van der Waals surface area (Å²) in [6, 6.07) is 7.89. The molecule has 0 radical (unpaired) electrons. The van der Waals surface area contributed by atoms with Crippen molar-refractivity contribution in [2.45, 2.75) is 10.2 Å². The molecule has 3 aromatic rings. The average molecular weight is 319 g/mol. The summed E-state index contributed by atoms with van der Waals surface area (Å²) in [6.45, 7) is 0. The molecule has 1 aromatic carbocycles. The monoisotopic (exact) mass is 318 g/mol. The van der Waals surface area contributed by atoms with Gasteiger partial charge in [0.25, 0.3) is 0 Å². The van der Waals surface area contributed by atoms with Gasteiger partial charge in [0.15, 0.2) is 5.16 Å². The fourth-order valence-electron chi connectivity index (χ4n) is 1.50. The van der Waals surface area contributed by atoms with Crippen LogP contribution in [0.3, 0.4) is 0 Å². The van der Waals surface area contributed by atoms with Gasteiger partial charge in [-0.15, -0.1) is 0 Å². The maximum absolute atomic E-state index is 4.28. The predicted molar refractivity (Wildman–Crippen MR) is 73.4 cm³/mol. The molecular formula is C12H7BrN4S. The van der Waals surface area contributed by atoms with E-state index in [-0.39, 0.29) is 0 Å². The van der Waals surface area contributed by atoms with Crippen LogP contribution in [0.1, 0.15) is 0 Å². The first-order valence-electron chi connectivity index (χ1n) is 5.18. The summed E-state index contributed by atoms with van der Waals surface area (Å²) in [4.78, 5) is 17.0. The number of fused-ring (bicyclic) bond motifs is 1. The average Bonchev–Trinajstić information content (AvgIpc) is 2.42. The molecule has 2 aromatic heterocycles. The van der Waals surface area contributed by atoms with Crippen LogP contribution < -0.4 is 0 Å². The van der Waals surface area contributed by atoms with Crippen molar-refractivity contribution >= 4 is 38.6 Å². The van der Waals surface area contributed by atoms with Gasteiger partial charge in [-0.2, -0.15) is 0 Å². The van der Waals surface area contributed by atoms with Crippen LogP contribution in [-0.4, -0.2) is 19.9 Å². The minimum Gasteiger partial charge on any atom is -0.236 e. The summed E-state index contributed by atoms with van der Waals surface area (Å²) in [7, 11) is 0. The fourth-order valence-corrected chi connectivity index (χ4v) is 2.47. The molecule has 0 N–H and O–H groups in total. The number of aromatic nitrogens is 4. The summed E-state index contributed by atoms with van der Waals surface area (Å²) >= 11 is 4.74. The van der Waals surface area contributed by atoms with Gasteiger partial charge in [0.2, 0.25) is 0 Å². The largest absolute Gasteiger partial charge is 0.236 e. The Bertz CT molecular complexity index is 682. The molecule has 6 heteroatoms. The number of hydrogen-bond acceptors (Lipinski definition) is 5. The molecule has 0 fully saturated rings.